The lowest BCUT2D eigenvalue weighted by atomic mass is 10.2. The molecule has 0 radical (unpaired) electrons. The van der Waals surface area contributed by atoms with Crippen LogP contribution in [-0.2, 0) is 0 Å². The van der Waals surface area contributed by atoms with Gasteiger partial charge in [0.2, 0.25) is 5.96 Å². The van der Waals surface area contributed by atoms with E-state index in [1.807, 2.05) is 0 Å². The molecular weight excluding hydrogens is 248 g/mol. The summed E-state index contributed by atoms with van der Waals surface area (Å²) >= 11 is 0. The van der Waals surface area contributed by atoms with Crippen molar-refractivity contribution in [1.29, 1.82) is 0 Å². The minimum absolute atomic E-state index is 0.134. The summed E-state index contributed by atoms with van der Waals surface area (Å²) < 4.78 is 0. The lowest BCUT2D eigenvalue weighted by Crippen LogP contribution is -2.22. The van der Waals surface area contributed by atoms with Crippen LogP contribution in [0.25, 0.3) is 0 Å². The molecular formula is C11H14N6O2. The highest BCUT2D eigenvalue weighted by Gasteiger charge is 2.00. The predicted molar refractivity (Wildman–Crippen MR) is 74.4 cm³/mol. The molecule has 1 aromatic carbocycles. The fourth-order valence-electron chi connectivity index (χ4n) is 1.05. The maximum atomic E-state index is 10.6. The van der Waals surface area contributed by atoms with Gasteiger partial charge in [-0.05, 0) is 31.2 Å². The van der Waals surface area contributed by atoms with Gasteiger partial charge in [-0.2, -0.15) is 10.2 Å². The number of benzene rings is 1. The zero-order valence-electron chi connectivity index (χ0n) is 10.2. The minimum atomic E-state index is -0.977. The van der Waals surface area contributed by atoms with E-state index in [0.29, 0.717) is 11.4 Å². The molecule has 0 aliphatic carbocycles. The number of rotatable bonds is 5. The number of guanidine groups is 1. The highest BCUT2D eigenvalue weighted by atomic mass is 16.4. The Morgan fingerprint density at radius 2 is 1.89 bits per heavy atom. The van der Waals surface area contributed by atoms with E-state index < -0.39 is 5.97 Å². The third-order valence-corrected chi connectivity index (χ3v) is 1.90. The zero-order valence-corrected chi connectivity index (χ0v) is 10.2. The Kier molecular flexibility index (Phi) is 5.03. The molecule has 0 fully saturated rings. The van der Waals surface area contributed by atoms with Gasteiger partial charge in [-0.1, -0.05) is 0 Å². The van der Waals surface area contributed by atoms with E-state index in [1.54, 1.807) is 19.1 Å². The first-order valence-electron chi connectivity index (χ1n) is 5.24. The topological polar surface area (TPSA) is 138 Å². The molecule has 1 aromatic rings. The van der Waals surface area contributed by atoms with Crippen molar-refractivity contribution in [3.8, 4) is 0 Å². The largest absolute Gasteiger partial charge is 0.478 e. The van der Waals surface area contributed by atoms with Crippen LogP contribution in [0.15, 0.2) is 39.6 Å². The number of aromatic carboxylic acids is 1. The van der Waals surface area contributed by atoms with Gasteiger partial charge in [-0.15, -0.1) is 5.10 Å². The second-order valence-electron chi connectivity index (χ2n) is 3.52. The predicted octanol–water partition coefficient (Wildman–Crippen LogP) is 0.432. The first-order valence-corrected chi connectivity index (χ1v) is 5.24. The summed E-state index contributed by atoms with van der Waals surface area (Å²) in [6.07, 6.45) is 1.43. The van der Waals surface area contributed by atoms with Crippen LogP contribution in [0, 0.1) is 0 Å². The van der Waals surface area contributed by atoms with Crippen LogP contribution in [-0.4, -0.2) is 29.0 Å². The van der Waals surface area contributed by atoms with Crippen molar-refractivity contribution in [3.63, 3.8) is 0 Å². The Labute approximate surface area is 109 Å². The van der Waals surface area contributed by atoms with Gasteiger partial charge >= 0.3 is 5.97 Å². The maximum Gasteiger partial charge on any atom is 0.335 e. The Morgan fingerprint density at radius 1 is 1.26 bits per heavy atom. The Hall–Kier alpha value is -2.90. The van der Waals surface area contributed by atoms with Crippen LogP contribution in [0.4, 0.5) is 5.69 Å². The number of anilines is 1. The smallest absolute Gasteiger partial charge is 0.335 e. The molecule has 1 rings (SSSR count). The fraction of sp³-hybridized carbons (Fsp3) is 0.0909. The Balaban J connectivity index is 2.59. The third-order valence-electron chi connectivity index (χ3n) is 1.90. The van der Waals surface area contributed by atoms with Gasteiger partial charge in [0.25, 0.3) is 0 Å². The molecule has 0 unspecified atom stereocenters. The van der Waals surface area contributed by atoms with Crippen molar-refractivity contribution in [3.05, 3.63) is 29.8 Å². The number of carboxylic acid groups (broad SMARTS) is 1. The van der Waals surface area contributed by atoms with Gasteiger partial charge in [-0.25, -0.2) is 4.79 Å². The van der Waals surface area contributed by atoms with E-state index in [9.17, 15) is 4.79 Å². The van der Waals surface area contributed by atoms with E-state index in [4.69, 9.17) is 16.6 Å². The molecule has 0 amide bonds. The summed E-state index contributed by atoms with van der Waals surface area (Å²) in [5.41, 5.74) is 14.3. The molecule has 8 heteroatoms. The number of hydrazone groups is 1. The van der Waals surface area contributed by atoms with Crippen molar-refractivity contribution in [2.45, 2.75) is 6.92 Å². The molecule has 0 aliphatic heterocycles. The molecule has 0 saturated carbocycles. The van der Waals surface area contributed by atoms with E-state index in [0.717, 1.165) is 0 Å². The zero-order chi connectivity index (χ0) is 14.3. The molecule has 6 N–H and O–H groups in total. The van der Waals surface area contributed by atoms with Crippen molar-refractivity contribution < 1.29 is 9.90 Å². The van der Waals surface area contributed by atoms with E-state index in [2.05, 4.69) is 20.7 Å². The number of hydrogen-bond acceptors (Lipinski definition) is 5. The number of carbonyl (C=O) groups is 1. The number of nitrogens with two attached hydrogens (primary N) is 2. The molecule has 0 bridgehead atoms. The van der Waals surface area contributed by atoms with Gasteiger partial charge in [0.1, 0.15) is 0 Å². The molecule has 0 atom stereocenters. The summed E-state index contributed by atoms with van der Waals surface area (Å²) in [4.78, 5) is 10.6. The molecule has 100 valence electrons. The average Bonchev–Trinajstić information content (AvgIpc) is 2.37. The van der Waals surface area contributed by atoms with Crippen LogP contribution in [0.5, 0.6) is 0 Å². The summed E-state index contributed by atoms with van der Waals surface area (Å²) in [7, 11) is 0. The van der Waals surface area contributed by atoms with Crippen molar-refractivity contribution in [2.24, 2.45) is 26.8 Å². The first-order chi connectivity index (χ1) is 8.99. The number of nitrogens with zero attached hydrogens (tertiary/aromatic N) is 3. The molecule has 0 aromatic heterocycles. The van der Waals surface area contributed by atoms with Crippen molar-refractivity contribution >= 4 is 29.5 Å². The van der Waals surface area contributed by atoms with E-state index in [1.165, 1.54) is 18.3 Å². The average molecular weight is 262 g/mol. The Morgan fingerprint density at radius 3 is 2.42 bits per heavy atom. The summed E-state index contributed by atoms with van der Waals surface area (Å²) in [5.74, 6) is -1.11. The second-order valence-corrected chi connectivity index (χ2v) is 3.52. The summed E-state index contributed by atoms with van der Waals surface area (Å²) in [5, 5.41) is 19.8. The SMILES string of the molecule is CC(/C=N\Nc1ccc(C(=O)O)cc1)=N/N=C(N)N. The van der Waals surface area contributed by atoms with Gasteiger partial charge in [0.05, 0.1) is 23.2 Å². The molecule has 0 saturated heterocycles. The second kappa shape index (κ2) is 6.74. The highest BCUT2D eigenvalue weighted by Crippen LogP contribution is 2.09. The number of nitrogens with one attached hydrogen (secondary N) is 1. The van der Waals surface area contributed by atoms with Gasteiger partial charge in [0, 0.05) is 0 Å². The summed E-state index contributed by atoms with van der Waals surface area (Å²) in [6.45, 7) is 1.67. The fourth-order valence-corrected chi connectivity index (χ4v) is 1.05. The normalized spacial score (nSPS) is 11.3. The van der Waals surface area contributed by atoms with Gasteiger partial charge in [-0.3, -0.25) is 5.43 Å². The van der Waals surface area contributed by atoms with Crippen LogP contribution in [0.1, 0.15) is 17.3 Å². The van der Waals surface area contributed by atoms with Crippen molar-refractivity contribution in [1.82, 2.24) is 0 Å². The standard InChI is InChI=1S/C11H14N6O2/c1-7(15-17-11(12)13)6-14-16-9-4-2-8(3-5-9)10(18)19/h2-6,16H,1H3,(H,18,19)(H4,12,13,17)/b14-6-,15-7-. The van der Waals surface area contributed by atoms with Crippen LogP contribution < -0.4 is 16.9 Å². The molecule has 0 spiro atoms. The lowest BCUT2D eigenvalue weighted by Gasteiger charge is -2.00. The first kappa shape index (κ1) is 14.2. The monoisotopic (exact) mass is 262 g/mol. The number of hydrogen-bond donors (Lipinski definition) is 4. The minimum Gasteiger partial charge on any atom is -0.478 e. The van der Waals surface area contributed by atoms with Crippen LogP contribution in [0.2, 0.25) is 0 Å². The Bertz CT molecular complexity index is 529. The third kappa shape index (κ3) is 5.31. The summed E-state index contributed by atoms with van der Waals surface area (Å²) in [6, 6.07) is 6.15. The lowest BCUT2D eigenvalue weighted by molar-refractivity contribution is 0.0697. The highest BCUT2D eigenvalue weighted by molar-refractivity contribution is 6.29. The van der Waals surface area contributed by atoms with E-state index in [-0.39, 0.29) is 11.5 Å². The molecule has 19 heavy (non-hydrogen) atoms. The molecule has 8 nitrogen and oxygen atoms in total. The quantitative estimate of drug-likeness (QED) is 0.346. The van der Waals surface area contributed by atoms with E-state index >= 15 is 0 Å². The maximum absolute atomic E-state index is 10.6. The molecule has 0 aliphatic rings. The van der Waals surface area contributed by atoms with Crippen LogP contribution in [0.3, 0.4) is 0 Å². The van der Waals surface area contributed by atoms with Crippen LogP contribution >= 0.6 is 0 Å². The van der Waals surface area contributed by atoms with Crippen molar-refractivity contribution in [2.75, 3.05) is 5.43 Å². The molecule has 0 heterocycles. The van der Waals surface area contributed by atoms with Gasteiger partial charge in [0.15, 0.2) is 0 Å². The van der Waals surface area contributed by atoms with Gasteiger partial charge < -0.3 is 16.6 Å². The number of carboxylic acids is 1.